The van der Waals surface area contributed by atoms with E-state index in [-0.39, 0.29) is 17.9 Å². The van der Waals surface area contributed by atoms with Gasteiger partial charge in [-0.25, -0.2) is 0 Å². The summed E-state index contributed by atoms with van der Waals surface area (Å²) in [5, 5.41) is 12.0. The highest BCUT2D eigenvalue weighted by Crippen LogP contribution is 2.23. The maximum atomic E-state index is 9.10. The number of nitrogens with one attached hydrogen (secondary N) is 1. The first kappa shape index (κ1) is 14.0. The van der Waals surface area contributed by atoms with Crippen LogP contribution >= 0.6 is 15.9 Å². The molecule has 1 aromatic carbocycles. The summed E-state index contributed by atoms with van der Waals surface area (Å²) in [5.41, 5.74) is 6.61. The zero-order chi connectivity index (χ0) is 14.5. The number of hydrogen-bond donors (Lipinski definition) is 2. The zero-order valence-electron chi connectivity index (χ0n) is 10.6. The maximum absolute atomic E-state index is 9.10. The van der Waals surface area contributed by atoms with E-state index in [0.717, 1.165) is 4.47 Å². The number of anilines is 3. The fourth-order valence-corrected chi connectivity index (χ4v) is 1.82. The monoisotopic (exact) mass is 334 g/mol. The van der Waals surface area contributed by atoms with E-state index in [1.165, 1.54) is 0 Å². The molecule has 20 heavy (non-hydrogen) atoms. The highest BCUT2D eigenvalue weighted by molar-refractivity contribution is 9.10. The Morgan fingerprint density at radius 2 is 2.20 bits per heavy atom. The van der Waals surface area contributed by atoms with Gasteiger partial charge < -0.3 is 15.8 Å². The molecule has 0 unspecified atom stereocenters. The average molecular weight is 335 g/mol. The summed E-state index contributed by atoms with van der Waals surface area (Å²) < 4.78 is 6.00. The van der Waals surface area contributed by atoms with Crippen LogP contribution in [0.15, 0.2) is 22.7 Å². The molecule has 0 amide bonds. The van der Waals surface area contributed by atoms with Crippen LogP contribution in [-0.2, 0) is 0 Å². The lowest BCUT2D eigenvalue weighted by Crippen LogP contribution is -2.07. The summed E-state index contributed by atoms with van der Waals surface area (Å²) in [7, 11) is 0. The smallest absolute Gasteiger partial charge is 0.323 e. The van der Waals surface area contributed by atoms with E-state index in [0.29, 0.717) is 17.9 Å². The molecule has 0 fully saturated rings. The molecule has 2 aromatic rings. The fourth-order valence-electron chi connectivity index (χ4n) is 1.46. The summed E-state index contributed by atoms with van der Waals surface area (Å²) >= 11 is 3.31. The lowest BCUT2D eigenvalue weighted by Gasteiger charge is -2.08. The second-order valence-corrected chi connectivity index (χ2v) is 4.58. The van der Waals surface area contributed by atoms with Crippen LogP contribution in [0.4, 0.5) is 17.6 Å². The fraction of sp³-hybridized carbons (Fsp3) is 0.167. The van der Waals surface area contributed by atoms with E-state index >= 15 is 0 Å². The topological polar surface area (TPSA) is 110 Å². The van der Waals surface area contributed by atoms with Crippen molar-refractivity contribution in [3.05, 3.63) is 28.2 Å². The van der Waals surface area contributed by atoms with Crippen molar-refractivity contribution in [2.45, 2.75) is 6.92 Å². The minimum Gasteiger partial charge on any atom is -0.464 e. The van der Waals surface area contributed by atoms with Crippen LogP contribution in [0, 0.1) is 11.3 Å². The van der Waals surface area contributed by atoms with Gasteiger partial charge in [0.1, 0.15) is 6.07 Å². The number of nitrogens with two attached hydrogens (primary N) is 1. The molecular weight excluding hydrogens is 324 g/mol. The Morgan fingerprint density at radius 3 is 2.90 bits per heavy atom. The zero-order valence-corrected chi connectivity index (χ0v) is 12.2. The highest BCUT2D eigenvalue weighted by Gasteiger charge is 2.08. The molecule has 0 radical (unpaired) electrons. The number of nitrogens with zero attached hydrogens (tertiary/aromatic N) is 4. The molecule has 102 valence electrons. The van der Waals surface area contributed by atoms with Gasteiger partial charge in [-0.05, 0) is 25.1 Å². The molecule has 7 nitrogen and oxygen atoms in total. The Kier molecular flexibility index (Phi) is 4.32. The maximum Gasteiger partial charge on any atom is 0.323 e. The Morgan fingerprint density at radius 1 is 1.40 bits per heavy atom. The Balaban J connectivity index is 2.32. The molecule has 0 saturated carbocycles. The van der Waals surface area contributed by atoms with E-state index in [2.05, 4.69) is 42.3 Å². The van der Waals surface area contributed by atoms with Crippen LogP contribution in [0.2, 0.25) is 0 Å². The van der Waals surface area contributed by atoms with E-state index in [1.807, 2.05) is 6.92 Å². The number of nitrogen functional groups attached to an aromatic ring is 1. The molecule has 0 aliphatic carbocycles. The van der Waals surface area contributed by atoms with Gasteiger partial charge >= 0.3 is 6.01 Å². The largest absolute Gasteiger partial charge is 0.464 e. The van der Waals surface area contributed by atoms with Crippen LogP contribution in [0.5, 0.6) is 6.01 Å². The molecule has 8 heteroatoms. The second-order valence-electron chi connectivity index (χ2n) is 3.66. The first-order valence-electron chi connectivity index (χ1n) is 5.73. The van der Waals surface area contributed by atoms with Crippen molar-refractivity contribution < 1.29 is 4.74 Å². The Labute approximate surface area is 124 Å². The van der Waals surface area contributed by atoms with Gasteiger partial charge in [-0.3, -0.25) is 0 Å². The number of ether oxygens (including phenoxy) is 1. The third-order valence-electron chi connectivity index (χ3n) is 2.25. The van der Waals surface area contributed by atoms with Crippen molar-refractivity contribution in [2.75, 3.05) is 17.7 Å². The number of nitriles is 1. The van der Waals surface area contributed by atoms with Gasteiger partial charge in [-0.2, -0.15) is 20.2 Å². The Hall–Kier alpha value is -2.40. The van der Waals surface area contributed by atoms with Gasteiger partial charge in [0.15, 0.2) is 0 Å². The van der Waals surface area contributed by atoms with Gasteiger partial charge in [0.05, 0.1) is 17.9 Å². The number of halogens is 1. The predicted octanol–water partition coefficient (Wildman–Crippen LogP) is 2.23. The molecule has 3 N–H and O–H groups in total. The van der Waals surface area contributed by atoms with Crippen LogP contribution in [0.3, 0.4) is 0 Å². The van der Waals surface area contributed by atoms with Crippen LogP contribution in [0.25, 0.3) is 0 Å². The number of rotatable bonds is 4. The standard InChI is InChI=1S/C12H11BrN6O/c1-2-20-12-18-10(15)17-11(19-12)16-9-4-3-8(13)5-7(9)6-14/h3-5H,2H2,1H3,(H3,15,16,17,18,19). The molecule has 0 bridgehead atoms. The lowest BCUT2D eigenvalue weighted by molar-refractivity contribution is 0.312. The van der Waals surface area contributed by atoms with E-state index in [4.69, 9.17) is 15.7 Å². The molecule has 1 aromatic heterocycles. The summed E-state index contributed by atoms with van der Waals surface area (Å²) in [4.78, 5) is 11.9. The minimum atomic E-state index is 0.0431. The first-order chi connectivity index (χ1) is 9.62. The van der Waals surface area contributed by atoms with Gasteiger partial charge in [0.25, 0.3) is 0 Å². The van der Waals surface area contributed by atoms with Crippen molar-refractivity contribution in [3.8, 4) is 12.1 Å². The summed E-state index contributed by atoms with van der Waals surface area (Å²) in [5.74, 6) is 0.265. The van der Waals surface area contributed by atoms with E-state index in [1.54, 1.807) is 18.2 Å². The van der Waals surface area contributed by atoms with Gasteiger partial charge in [0.2, 0.25) is 11.9 Å². The first-order valence-corrected chi connectivity index (χ1v) is 6.52. The molecule has 0 aliphatic rings. The van der Waals surface area contributed by atoms with Gasteiger partial charge in [-0.1, -0.05) is 15.9 Å². The molecule has 0 atom stereocenters. The van der Waals surface area contributed by atoms with Gasteiger partial charge in [-0.15, -0.1) is 0 Å². The molecular formula is C12H11BrN6O. The second kappa shape index (κ2) is 6.16. The molecule has 1 heterocycles. The Bertz CT molecular complexity index is 669. The van der Waals surface area contributed by atoms with Crippen LogP contribution < -0.4 is 15.8 Å². The lowest BCUT2D eigenvalue weighted by atomic mass is 10.2. The van der Waals surface area contributed by atoms with Gasteiger partial charge in [0, 0.05) is 4.47 Å². The predicted molar refractivity (Wildman–Crippen MR) is 77.5 cm³/mol. The molecule has 2 rings (SSSR count). The molecule has 0 saturated heterocycles. The van der Waals surface area contributed by atoms with E-state index in [9.17, 15) is 0 Å². The van der Waals surface area contributed by atoms with Crippen molar-refractivity contribution in [1.82, 2.24) is 15.0 Å². The quantitative estimate of drug-likeness (QED) is 0.881. The van der Waals surface area contributed by atoms with Crippen LogP contribution in [-0.4, -0.2) is 21.6 Å². The third kappa shape index (κ3) is 3.33. The highest BCUT2D eigenvalue weighted by atomic mass is 79.9. The summed E-state index contributed by atoms with van der Waals surface area (Å²) in [6.07, 6.45) is 0. The molecule has 0 spiro atoms. The summed E-state index contributed by atoms with van der Waals surface area (Å²) in [6, 6.07) is 7.45. The summed E-state index contributed by atoms with van der Waals surface area (Å²) in [6.45, 7) is 2.24. The average Bonchev–Trinajstić information content (AvgIpc) is 2.40. The minimum absolute atomic E-state index is 0.0431. The number of aromatic nitrogens is 3. The number of benzene rings is 1. The van der Waals surface area contributed by atoms with Crippen LogP contribution in [0.1, 0.15) is 12.5 Å². The number of hydrogen-bond acceptors (Lipinski definition) is 7. The SMILES string of the molecule is CCOc1nc(N)nc(Nc2ccc(Br)cc2C#N)n1. The van der Waals surface area contributed by atoms with Crippen molar-refractivity contribution in [1.29, 1.82) is 5.26 Å². The third-order valence-corrected chi connectivity index (χ3v) is 2.75. The molecule has 0 aliphatic heterocycles. The van der Waals surface area contributed by atoms with Crippen molar-refractivity contribution in [3.63, 3.8) is 0 Å². The van der Waals surface area contributed by atoms with Crippen molar-refractivity contribution in [2.24, 2.45) is 0 Å². The normalized spacial score (nSPS) is 9.85. The van der Waals surface area contributed by atoms with Crippen molar-refractivity contribution >= 4 is 33.5 Å². The van der Waals surface area contributed by atoms with E-state index < -0.39 is 0 Å².